The zero-order chi connectivity index (χ0) is 22.4. The number of pyridine rings is 1. The third-order valence-electron chi connectivity index (χ3n) is 4.63. The molecule has 10 heteroatoms. The molecule has 10 nitrogen and oxygen atoms in total. The monoisotopic (exact) mass is 422 g/mol. The number of hydrogen-bond donors (Lipinski definition) is 0. The van der Waals surface area contributed by atoms with Gasteiger partial charge in [0.1, 0.15) is 11.9 Å². The molecule has 0 fully saturated rings. The van der Waals surface area contributed by atoms with Crippen molar-refractivity contribution in [1.82, 2.24) is 19.9 Å². The average molecular weight is 422 g/mol. The van der Waals surface area contributed by atoms with E-state index in [4.69, 9.17) is 4.74 Å². The molecular weight excluding hydrogens is 400 g/mol. The van der Waals surface area contributed by atoms with Gasteiger partial charge in [0.15, 0.2) is 5.82 Å². The number of anilines is 1. The highest BCUT2D eigenvalue weighted by molar-refractivity contribution is 5.72. The van der Waals surface area contributed by atoms with Crippen molar-refractivity contribution in [1.29, 1.82) is 0 Å². The van der Waals surface area contributed by atoms with Crippen LogP contribution in [0.5, 0.6) is 11.6 Å². The van der Waals surface area contributed by atoms with Gasteiger partial charge in [0.25, 0.3) is 5.69 Å². The van der Waals surface area contributed by atoms with E-state index in [1.807, 2.05) is 24.1 Å². The molecule has 1 aromatic carbocycles. The topological polar surface area (TPSA) is 115 Å². The quantitative estimate of drug-likeness (QED) is 0.402. The summed E-state index contributed by atoms with van der Waals surface area (Å²) in [5, 5.41) is 10.7. The summed E-state index contributed by atoms with van der Waals surface area (Å²) in [7, 11) is 3.62. The number of aromatic nitrogens is 3. The number of carbonyl (C=O) groups excluding carboxylic acids is 1. The lowest BCUT2D eigenvalue weighted by Gasteiger charge is -2.22. The number of rotatable bonds is 8. The third-order valence-corrected chi connectivity index (χ3v) is 4.63. The Morgan fingerprint density at radius 3 is 2.42 bits per heavy atom. The highest BCUT2D eigenvalue weighted by Crippen LogP contribution is 2.25. The molecule has 31 heavy (non-hydrogen) atoms. The fourth-order valence-electron chi connectivity index (χ4n) is 2.62. The molecule has 0 bridgehead atoms. The number of carbonyl (C=O) groups is 1. The van der Waals surface area contributed by atoms with E-state index in [0.717, 1.165) is 5.56 Å². The van der Waals surface area contributed by atoms with Crippen molar-refractivity contribution < 1.29 is 14.5 Å². The summed E-state index contributed by atoms with van der Waals surface area (Å²) < 4.78 is 5.80. The van der Waals surface area contributed by atoms with E-state index in [9.17, 15) is 14.9 Å². The van der Waals surface area contributed by atoms with Gasteiger partial charge in [-0.25, -0.2) is 4.98 Å². The van der Waals surface area contributed by atoms with Crippen LogP contribution in [0.4, 0.5) is 11.5 Å². The molecule has 160 valence electrons. The SMILES string of the molecule is CC(=O)N(C)CCN(C)c1cncc(Oc2ccc(-c3ccc([N+](=O)[O-])cn3)cc2)n1. The summed E-state index contributed by atoms with van der Waals surface area (Å²) in [5.74, 6) is 1.53. The van der Waals surface area contributed by atoms with Crippen LogP contribution in [0, 0.1) is 10.1 Å². The van der Waals surface area contributed by atoms with E-state index in [2.05, 4.69) is 15.0 Å². The zero-order valence-electron chi connectivity index (χ0n) is 17.4. The summed E-state index contributed by atoms with van der Waals surface area (Å²) in [6, 6.07) is 10.2. The van der Waals surface area contributed by atoms with Crippen LogP contribution in [-0.2, 0) is 4.79 Å². The van der Waals surface area contributed by atoms with Crippen LogP contribution >= 0.6 is 0 Å². The molecular formula is C21H22N6O4. The Balaban J connectivity index is 1.65. The zero-order valence-corrected chi connectivity index (χ0v) is 17.4. The second-order valence-corrected chi connectivity index (χ2v) is 6.86. The first-order valence-corrected chi connectivity index (χ1v) is 9.47. The van der Waals surface area contributed by atoms with Gasteiger partial charge in [-0.15, -0.1) is 0 Å². The van der Waals surface area contributed by atoms with E-state index >= 15 is 0 Å². The molecule has 3 aromatic rings. The fourth-order valence-corrected chi connectivity index (χ4v) is 2.62. The highest BCUT2D eigenvalue weighted by Gasteiger charge is 2.10. The molecule has 3 rings (SSSR count). The number of ether oxygens (including phenoxy) is 1. The van der Waals surface area contributed by atoms with Gasteiger partial charge in [-0.1, -0.05) is 0 Å². The number of nitro groups is 1. The molecule has 0 aliphatic heterocycles. The van der Waals surface area contributed by atoms with Gasteiger partial charge in [-0.3, -0.25) is 19.9 Å². The fraction of sp³-hybridized carbons (Fsp3) is 0.238. The first kappa shape index (κ1) is 21.6. The average Bonchev–Trinajstić information content (AvgIpc) is 2.78. The number of hydrogen-bond acceptors (Lipinski definition) is 8. The first-order chi connectivity index (χ1) is 14.8. The molecule has 2 heterocycles. The molecule has 0 aliphatic carbocycles. The largest absolute Gasteiger partial charge is 0.437 e. The summed E-state index contributed by atoms with van der Waals surface area (Å²) in [5.41, 5.74) is 1.37. The lowest BCUT2D eigenvalue weighted by Crippen LogP contribution is -2.33. The Hall–Kier alpha value is -4.08. The summed E-state index contributed by atoms with van der Waals surface area (Å²) >= 11 is 0. The normalized spacial score (nSPS) is 10.4. The molecule has 0 unspecified atom stereocenters. The van der Waals surface area contributed by atoms with Gasteiger partial charge in [0.2, 0.25) is 11.8 Å². The Bertz CT molecular complexity index is 1060. The maximum atomic E-state index is 11.3. The van der Waals surface area contributed by atoms with Gasteiger partial charge < -0.3 is 14.5 Å². The number of nitrogens with zero attached hydrogens (tertiary/aromatic N) is 6. The van der Waals surface area contributed by atoms with E-state index in [-0.39, 0.29) is 11.6 Å². The predicted molar refractivity (Wildman–Crippen MR) is 115 cm³/mol. The molecule has 0 saturated heterocycles. The number of amides is 1. The van der Waals surface area contributed by atoms with Gasteiger partial charge >= 0.3 is 0 Å². The van der Waals surface area contributed by atoms with Crippen molar-refractivity contribution in [3.05, 3.63) is 65.1 Å². The van der Waals surface area contributed by atoms with Gasteiger partial charge in [0, 0.05) is 45.7 Å². The van der Waals surface area contributed by atoms with Crippen molar-refractivity contribution in [2.45, 2.75) is 6.92 Å². The minimum atomic E-state index is -0.484. The minimum Gasteiger partial charge on any atom is -0.437 e. The van der Waals surface area contributed by atoms with Crippen LogP contribution in [0.3, 0.4) is 0 Å². The van der Waals surface area contributed by atoms with Crippen molar-refractivity contribution in [3.63, 3.8) is 0 Å². The number of benzene rings is 1. The lowest BCUT2D eigenvalue weighted by molar-refractivity contribution is -0.385. The van der Waals surface area contributed by atoms with E-state index in [1.165, 1.54) is 25.4 Å². The van der Waals surface area contributed by atoms with Crippen LogP contribution in [0.1, 0.15) is 6.92 Å². The molecule has 0 atom stereocenters. The molecule has 0 spiro atoms. The van der Waals surface area contributed by atoms with Gasteiger partial charge in [-0.05, 0) is 30.3 Å². The first-order valence-electron chi connectivity index (χ1n) is 9.47. The summed E-state index contributed by atoms with van der Waals surface area (Å²) in [6.07, 6.45) is 4.38. The van der Waals surface area contributed by atoms with Gasteiger partial charge in [0.05, 0.1) is 23.0 Å². The Labute approximate surface area is 179 Å². The smallest absolute Gasteiger partial charge is 0.287 e. The van der Waals surface area contributed by atoms with E-state index in [0.29, 0.717) is 36.2 Å². The predicted octanol–water partition coefficient (Wildman–Crippen LogP) is 3.15. The lowest BCUT2D eigenvalue weighted by atomic mass is 10.1. The Morgan fingerprint density at radius 1 is 1.06 bits per heavy atom. The Morgan fingerprint density at radius 2 is 1.81 bits per heavy atom. The van der Waals surface area contributed by atoms with Gasteiger partial charge in [-0.2, -0.15) is 4.98 Å². The maximum absolute atomic E-state index is 11.3. The van der Waals surface area contributed by atoms with E-state index < -0.39 is 4.92 Å². The van der Waals surface area contributed by atoms with Crippen LogP contribution in [0.15, 0.2) is 55.0 Å². The number of likely N-dealkylation sites (N-methyl/N-ethyl adjacent to an activating group) is 2. The highest BCUT2D eigenvalue weighted by atomic mass is 16.6. The van der Waals surface area contributed by atoms with Crippen LogP contribution < -0.4 is 9.64 Å². The molecule has 0 N–H and O–H groups in total. The van der Waals surface area contributed by atoms with E-state index in [1.54, 1.807) is 36.3 Å². The van der Waals surface area contributed by atoms with Crippen LogP contribution in [0.25, 0.3) is 11.3 Å². The Kier molecular flexibility index (Phi) is 6.71. The molecule has 0 saturated carbocycles. The minimum absolute atomic E-state index is 0.00365. The van der Waals surface area contributed by atoms with Crippen molar-refractivity contribution in [2.75, 3.05) is 32.1 Å². The second-order valence-electron chi connectivity index (χ2n) is 6.86. The second kappa shape index (κ2) is 9.61. The molecule has 1 amide bonds. The summed E-state index contributed by atoms with van der Waals surface area (Å²) in [6.45, 7) is 2.69. The third kappa shape index (κ3) is 5.72. The molecule has 0 aliphatic rings. The maximum Gasteiger partial charge on any atom is 0.287 e. The van der Waals surface area contributed by atoms with Crippen molar-refractivity contribution in [3.8, 4) is 22.9 Å². The molecule has 2 aromatic heterocycles. The van der Waals surface area contributed by atoms with Crippen LogP contribution in [0.2, 0.25) is 0 Å². The van der Waals surface area contributed by atoms with Crippen molar-refractivity contribution >= 4 is 17.4 Å². The molecule has 0 radical (unpaired) electrons. The summed E-state index contributed by atoms with van der Waals surface area (Å²) in [4.78, 5) is 37.9. The van der Waals surface area contributed by atoms with Crippen molar-refractivity contribution in [2.24, 2.45) is 0 Å². The van der Waals surface area contributed by atoms with Crippen LogP contribution in [-0.4, -0.2) is 57.9 Å². The standard InChI is InChI=1S/C21H22N6O4/c1-15(28)25(2)10-11-26(3)20-13-22-14-21(24-20)31-18-7-4-16(5-8-18)19-9-6-17(12-23-19)27(29)30/h4-9,12-14H,10-11H2,1-3H3.